The van der Waals surface area contributed by atoms with Gasteiger partial charge in [-0.2, -0.15) is 0 Å². The molecular formula is C6H11NO. The minimum atomic E-state index is 0.595. The minimum Gasteiger partial charge on any atom is -0.376 e. The van der Waals surface area contributed by atoms with Gasteiger partial charge in [0.15, 0.2) is 0 Å². The first-order chi connectivity index (χ1) is 3.95. The summed E-state index contributed by atoms with van der Waals surface area (Å²) < 4.78 is 5.43. The van der Waals surface area contributed by atoms with Crippen LogP contribution in [-0.4, -0.2) is 37.2 Å². The molecule has 0 N–H and O–H groups in total. The Bertz CT molecular complexity index is 73.0. The minimum absolute atomic E-state index is 0.595. The molecule has 0 spiro atoms. The average molecular weight is 113 g/mol. The molecule has 2 heteroatoms. The fraction of sp³-hybridized carbons (Fsp3) is 1.00. The van der Waals surface area contributed by atoms with E-state index in [-0.39, 0.29) is 0 Å². The van der Waals surface area contributed by atoms with Crippen LogP contribution in [0.15, 0.2) is 0 Å². The lowest BCUT2D eigenvalue weighted by Crippen LogP contribution is -2.49. The van der Waals surface area contributed by atoms with Crippen LogP contribution in [0.5, 0.6) is 0 Å². The summed E-state index contributed by atoms with van der Waals surface area (Å²) in [6.07, 6.45) is 1.83. The molecule has 3 heterocycles. The van der Waals surface area contributed by atoms with Crippen LogP contribution in [-0.2, 0) is 4.74 Å². The van der Waals surface area contributed by atoms with Crippen molar-refractivity contribution in [3.63, 3.8) is 0 Å². The second-order valence-corrected chi connectivity index (χ2v) is 2.61. The number of rotatable bonds is 0. The molecule has 0 aliphatic carbocycles. The van der Waals surface area contributed by atoms with E-state index in [9.17, 15) is 0 Å². The zero-order chi connectivity index (χ0) is 5.40. The van der Waals surface area contributed by atoms with Crippen LogP contribution >= 0.6 is 0 Å². The molecule has 8 heavy (non-hydrogen) atoms. The molecule has 0 amide bonds. The van der Waals surface area contributed by atoms with Gasteiger partial charge in [0.05, 0.1) is 6.10 Å². The van der Waals surface area contributed by atoms with Crippen molar-refractivity contribution in [2.45, 2.75) is 12.5 Å². The topological polar surface area (TPSA) is 12.5 Å². The van der Waals surface area contributed by atoms with Crippen LogP contribution in [0.1, 0.15) is 6.42 Å². The Hall–Kier alpha value is -0.0800. The van der Waals surface area contributed by atoms with Gasteiger partial charge in [-0.3, -0.25) is 4.90 Å². The lowest BCUT2D eigenvalue weighted by Gasteiger charge is -2.35. The Morgan fingerprint density at radius 1 is 1.38 bits per heavy atom. The number of fused-ring (bicyclic) bond motifs is 3. The first-order valence-corrected chi connectivity index (χ1v) is 3.29. The molecule has 3 aliphatic heterocycles. The van der Waals surface area contributed by atoms with Gasteiger partial charge in [-0.25, -0.2) is 0 Å². The molecule has 0 aromatic carbocycles. The molecule has 3 rings (SSSR count). The number of ether oxygens (including phenoxy) is 1. The molecule has 3 fully saturated rings. The summed E-state index contributed by atoms with van der Waals surface area (Å²) in [5.74, 6) is 0. The summed E-state index contributed by atoms with van der Waals surface area (Å²) in [5.41, 5.74) is 0. The maximum absolute atomic E-state index is 5.43. The van der Waals surface area contributed by atoms with Crippen LogP contribution in [0.3, 0.4) is 0 Å². The largest absolute Gasteiger partial charge is 0.376 e. The highest BCUT2D eigenvalue weighted by Crippen LogP contribution is 2.15. The quantitative estimate of drug-likeness (QED) is 0.441. The molecule has 0 atom stereocenters. The Kier molecular flexibility index (Phi) is 1.02. The molecular weight excluding hydrogens is 102 g/mol. The predicted octanol–water partition coefficient (Wildman–Crippen LogP) is 0.0909. The second kappa shape index (κ2) is 1.71. The Balaban J connectivity index is 1.95. The Morgan fingerprint density at radius 3 is 3.12 bits per heavy atom. The molecule has 3 aliphatic rings. The maximum Gasteiger partial charge on any atom is 0.0828 e. The van der Waals surface area contributed by atoms with Crippen molar-refractivity contribution in [2.75, 3.05) is 26.2 Å². The van der Waals surface area contributed by atoms with Crippen LogP contribution in [0.25, 0.3) is 0 Å². The number of hydrogen-bond acceptors (Lipinski definition) is 2. The van der Waals surface area contributed by atoms with E-state index in [0.717, 1.165) is 6.61 Å². The summed E-state index contributed by atoms with van der Waals surface area (Å²) >= 11 is 0. The Labute approximate surface area is 49.4 Å². The smallest absolute Gasteiger partial charge is 0.0828 e. The van der Waals surface area contributed by atoms with Gasteiger partial charge in [0.25, 0.3) is 0 Å². The SMILES string of the molecule is C1COC2CN(C1)C2. The van der Waals surface area contributed by atoms with E-state index in [1.807, 2.05) is 0 Å². The van der Waals surface area contributed by atoms with Gasteiger partial charge in [0, 0.05) is 26.2 Å². The third-order valence-electron chi connectivity index (χ3n) is 1.90. The van der Waals surface area contributed by atoms with Crippen molar-refractivity contribution in [3.05, 3.63) is 0 Å². The molecule has 0 saturated carbocycles. The molecule has 2 bridgehead atoms. The Morgan fingerprint density at radius 2 is 2.25 bits per heavy atom. The standard InChI is InChI=1S/C6H11NO/c1-2-7-4-6(5-7)8-3-1/h6H,1-5H2. The summed E-state index contributed by atoms with van der Waals surface area (Å²) in [7, 11) is 0. The molecule has 0 aromatic heterocycles. The number of nitrogens with zero attached hydrogens (tertiary/aromatic N) is 1. The van der Waals surface area contributed by atoms with E-state index in [4.69, 9.17) is 4.74 Å². The van der Waals surface area contributed by atoms with E-state index in [1.165, 1.54) is 26.1 Å². The number of hydrogen-bond donors (Lipinski definition) is 0. The summed E-state index contributed by atoms with van der Waals surface area (Å²) in [6, 6.07) is 0. The molecule has 0 radical (unpaired) electrons. The molecule has 46 valence electrons. The van der Waals surface area contributed by atoms with Crippen molar-refractivity contribution < 1.29 is 4.74 Å². The van der Waals surface area contributed by atoms with Gasteiger partial charge >= 0.3 is 0 Å². The van der Waals surface area contributed by atoms with Gasteiger partial charge in [0.2, 0.25) is 0 Å². The zero-order valence-electron chi connectivity index (χ0n) is 4.97. The molecule has 3 saturated heterocycles. The van der Waals surface area contributed by atoms with E-state index in [0.29, 0.717) is 6.10 Å². The van der Waals surface area contributed by atoms with Gasteiger partial charge in [-0.1, -0.05) is 0 Å². The van der Waals surface area contributed by atoms with Gasteiger partial charge in [-0.05, 0) is 6.42 Å². The zero-order valence-corrected chi connectivity index (χ0v) is 4.97. The van der Waals surface area contributed by atoms with Gasteiger partial charge < -0.3 is 4.74 Å². The van der Waals surface area contributed by atoms with Crippen molar-refractivity contribution in [1.82, 2.24) is 4.90 Å². The second-order valence-electron chi connectivity index (χ2n) is 2.61. The van der Waals surface area contributed by atoms with E-state index in [1.54, 1.807) is 0 Å². The van der Waals surface area contributed by atoms with E-state index >= 15 is 0 Å². The van der Waals surface area contributed by atoms with Gasteiger partial charge in [0.1, 0.15) is 0 Å². The van der Waals surface area contributed by atoms with E-state index < -0.39 is 0 Å². The monoisotopic (exact) mass is 113 g/mol. The highest BCUT2D eigenvalue weighted by molar-refractivity contribution is 4.82. The summed E-state index contributed by atoms with van der Waals surface area (Å²) in [6.45, 7) is 4.64. The first-order valence-electron chi connectivity index (χ1n) is 3.29. The molecule has 2 nitrogen and oxygen atoms in total. The third-order valence-corrected chi connectivity index (χ3v) is 1.90. The fourth-order valence-corrected chi connectivity index (χ4v) is 1.35. The lowest BCUT2D eigenvalue weighted by atomic mass is 10.2. The predicted molar refractivity (Wildman–Crippen MR) is 30.8 cm³/mol. The molecule has 0 aromatic rings. The van der Waals surface area contributed by atoms with Gasteiger partial charge in [-0.15, -0.1) is 0 Å². The normalized spacial score (nSPS) is 45.0. The van der Waals surface area contributed by atoms with Crippen molar-refractivity contribution in [3.8, 4) is 0 Å². The van der Waals surface area contributed by atoms with Crippen LogP contribution in [0.4, 0.5) is 0 Å². The highest BCUT2D eigenvalue weighted by atomic mass is 16.5. The summed E-state index contributed by atoms with van der Waals surface area (Å²) in [4.78, 5) is 2.44. The maximum atomic E-state index is 5.43. The first kappa shape index (κ1) is 4.77. The lowest BCUT2D eigenvalue weighted by molar-refractivity contribution is -0.0186. The van der Waals surface area contributed by atoms with Crippen molar-refractivity contribution >= 4 is 0 Å². The average Bonchev–Trinajstić information content (AvgIpc) is 1.89. The highest BCUT2D eigenvalue weighted by Gasteiger charge is 2.28. The van der Waals surface area contributed by atoms with Crippen molar-refractivity contribution in [1.29, 1.82) is 0 Å². The van der Waals surface area contributed by atoms with Crippen molar-refractivity contribution in [2.24, 2.45) is 0 Å². The van der Waals surface area contributed by atoms with E-state index in [2.05, 4.69) is 4.90 Å². The summed E-state index contributed by atoms with van der Waals surface area (Å²) in [5, 5.41) is 0. The molecule has 0 unspecified atom stereocenters. The van der Waals surface area contributed by atoms with Crippen LogP contribution < -0.4 is 0 Å². The van der Waals surface area contributed by atoms with Crippen LogP contribution in [0.2, 0.25) is 0 Å². The fourth-order valence-electron chi connectivity index (χ4n) is 1.35. The van der Waals surface area contributed by atoms with Crippen LogP contribution in [0, 0.1) is 0 Å². The third kappa shape index (κ3) is 0.644.